The van der Waals surface area contributed by atoms with Crippen LogP contribution in [0.1, 0.15) is 24.5 Å². The van der Waals surface area contributed by atoms with E-state index in [0.29, 0.717) is 5.92 Å². The van der Waals surface area contributed by atoms with Gasteiger partial charge in [0.15, 0.2) is 0 Å². The molecule has 0 amide bonds. The minimum Gasteiger partial charge on any atom is -0.381 e. The summed E-state index contributed by atoms with van der Waals surface area (Å²) in [5, 5.41) is 0. The van der Waals surface area contributed by atoms with Crippen molar-refractivity contribution in [3.05, 3.63) is 27.6 Å². The minimum atomic E-state index is 0.616. The lowest BCUT2D eigenvalue weighted by Crippen LogP contribution is -2.14. The van der Waals surface area contributed by atoms with Gasteiger partial charge in [-0.15, -0.1) is 0 Å². The molecule has 1 aromatic heterocycles. The quantitative estimate of drug-likeness (QED) is 0.741. The van der Waals surface area contributed by atoms with Crippen molar-refractivity contribution in [1.82, 2.24) is 4.98 Å². The van der Waals surface area contributed by atoms with Crippen molar-refractivity contribution < 1.29 is 4.74 Å². The molecule has 0 bridgehead atoms. The fourth-order valence-electron chi connectivity index (χ4n) is 1.62. The average Bonchev–Trinajstić information content (AvgIpc) is 2.20. The molecule has 2 nitrogen and oxygen atoms in total. The standard InChI is InChI=1S/C10H12INO/c11-9-1-2-10(12-7-9)8-3-5-13-6-4-8/h1-2,7-8H,3-6H2. The van der Waals surface area contributed by atoms with Gasteiger partial charge in [0.1, 0.15) is 0 Å². The van der Waals surface area contributed by atoms with Crippen molar-refractivity contribution in [1.29, 1.82) is 0 Å². The zero-order valence-electron chi connectivity index (χ0n) is 7.37. The van der Waals surface area contributed by atoms with Gasteiger partial charge in [-0.3, -0.25) is 4.98 Å². The normalized spacial score (nSPS) is 18.8. The van der Waals surface area contributed by atoms with Gasteiger partial charge in [-0.05, 0) is 47.6 Å². The van der Waals surface area contributed by atoms with E-state index in [2.05, 4.69) is 39.7 Å². The maximum absolute atomic E-state index is 5.32. The summed E-state index contributed by atoms with van der Waals surface area (Å²) >= 11 is 2.28. The molecule has 0 aliphatic carbocycles. The Morgan fingerprint density at radius 3 is 2.69 bits per heavy atom. The summed E-state index contributed by atoms with van der Waals surface area (Å²) in [6.45, 7) is 1.77. The van der Waals surface area contributed by atoms with E-state index in [1.807, 2.05) is 6.20 Å². The smallest absolute Gasteiger partial charge is 0.0472 e. The number of ether oxygens (including phenoxy) is 1. The summed E-state index contributed by atoms with van der Waals surface area (Å²) in [6.07, 6.45) is 4.17. The molecule has 70 valence electrons. The molecule has 0 radical (unpaired) electrons. The van der Waals surface area contributed by atoms with Crippen molar-refractivity contribution in [2.24, 2.45) is 0 Å². The van der Waals surface area contributed by atoms with Crippen molar-refractivity contribution in [2.45, 2.75) is 18.8 Å². The highest BCUT2D eigenvalue weighted by Crippen LogP contribution is 2.25. The molecule has 0 saturated carbocycles. The van der Waals surface area contributed by atoms with E-state index in [9.17, 15) is 0 Å². The maximum atomic E-state index is 5.32. The first kappa shape index (κ1) is 9.40. The second-order valence-corrected chi connectivity index (χ2v) is 4.53. The van der Waals surface area contributed by atoms with E-state index in [0.717, 1.165) is 26.1 Å². The summed E-state index contributed by atoms with van der Waals surface area (Å²) < 4.78 is 6.52. The predicted octanol–water partition coefficient (Wildman–Crippen LogP) is 2.58. The average molecular weight is 289 g/mol. The van der Waals surface area contributed by atoms with Crippen LogP contribution in [0.15, 0.2) is 18.3 Å². The lowest BCUT2D eigenvalue weighted by atomic mass is 9.96. The lowest BCUT2D eigenvalue weighted by Gasteiger charge is -2.21. The molecule has 1 saturated heterocycles. The van der Waals surface area contributed by atoms with Crippen LogP contribution in [-0.2, 0) is 4.74 Å². The van der Waals surface area contributed by atoms with Crippen LogP contribution in [0.25, 0.3) is 0 Å². The van der Waals surface area contributed by atoms with Crippen LogP contribution in [-0.4, -0.2) is 18.2 Å². The van der Waals surface area contributed by atoms with E-state index in [-0.39, 0.29) is 0 Å². The molecule has 1 aliphatic heterocycles. The summed E-state index contributed by atoms with van der Waals surface area (Å²) in [7, 11) is 0. The third-order valence-electron chi connectivity index (χ3n) is 2.39. The van der Waals surface area contributed by atoms with Gasteiger partial charge >= 0.3 is 0 Å². The van der Waals surface area contributed by atoms with Gasteiger partial charge in [0.05, 0.1) is 0 Å². The maximum Gasteiger partial charge on any atom is 0.0472 e. The van der Waals surface area contributed by atoms with Crippen LogP contribution in [0, 0.1) is 3.57 Å². The highest BCUT2D eigenvalue weighted by Gasteiger charge is 2.16. The number of aromatic nitrogens is 1. The van der Waals surface area contributed by atoms with Gasteiger partial charge in [-0.25, -0.2) is 0 Å². The first-order valence-electron chi connectivity index (χ1n) is 4.55. The van der Waals surface area contributed by atoms with Crippen LogP contribution in [0.5, 0.6) is 0 Å². The Balaban J connectivity index is 2.10. The topological polar surface area (TPSA) is 22.1 Å². The van der Waals surface area contributed by atoms with E-state index in [1.54, 1.807) is 0 Å². The van der Waals surface area contributed by atoms with E-state index in [4.69, 9.17) is 4.74 Å². The van der Waals surface area contributed by atoms with E-state index < -0.39 is 0 Å². The molecular formula is C10H12INO. The molecule has 1 aliphatic rings. The number of hydrogen-bond donors (Lipinski definition) is 0. The number of nitrogens with zero attached hydrogens (tertiary/aromatic N) is 1. The number of rotatable bonds is 1. The highest BCUT2D eigenvalue weighted by molar-refractivity contribution is 14.1. The Morgan fingerprint density at radius 1 is 1.31 bits per heavy atom. The van der Waals surface area contributed by atoms with Crippen molar-refractivity contribution in [3.63, 3.8) is 0 Å². The SMILES string of the molecule is Ic1ccc(C2CCOCC2)nc1. The van der Waals surface area contributed by atoms with E-state index in [1.165, 1.54) is 9.26 Å². The highest BCUT2D eigenvalue weighted by atomic mass is 127. The van der Waals surface area contributed by atoms with Gasteiger partial charge < -0.3 is 4.74 Å². The summed E-state index contributed by atoms with van der Waals surface area (Å²) in [5.41, 5.74) is 1.23. The van der Waals surface area contributed by atoms with Gasteiger partial charge in [0, 0.05) is 34.6 Å². The molecular weight excluding hydrogens is 277 g/mol. The van der Waals surface area contributed by atoms with Gasteiger partial charge in [0.2, 0.25) is 0 Å². The minimum absolute atomic E-state index is 0.616. The second-order valence-electron chi connectivity index (χ2n) is 3.29. The van der Waals surface area contributed by atoms with Crippen molar-refractivity contribution >= 4 is 22.6 Å². The largest absolute Gasteiger partial charge is 0.381 e. The number of hydrogen-bond acceptors (Lipinski definition) is 2. The van der Waals surface area contributed by atoms with Crippen molar-refractivity contribution in [2.75, 3.05) is 13.2 Å². The fourth-order valence-corrected chi connectivity index (χ4v) is 1.94. The Morgan fingerprint density at radius 2 is 2.08 bits per heavy atom. The molecule has 1 fully saturated rings. The van der Waals surface area contributed by atoms with Crippen molar-refractivity contribution in [3.8, 4) is 0 Å². The number of pyridine rings is 1. The molecule has 0 N–H and O–H groups in total. The molecule has 2 rings (SSSR count). The van der Waals surface area contributed by atoms with Gasteiger partial charge in [-0.2, -0.15) is 0 Å². The Kier molecular flexibility index (Phi) is 3.16. The third-order valence-corrected chi connectivity index (χ3v) is 3.03. The first-order valence-corrected chi connectivity index (χ1v) is 5.63. The zero-order valence-corrected chi connectivity index (χ0v) is 9.53. The molecule has 0 aromatic carbocycles. The molecule has 0 atom stereocenters. The molecule has 0 spiro atoms. The van der Waals surface area contributed by atoms with Crippen LogP contribution < -0.4 is 0 Å². The zero-order chi connectivity index (χ0) is 9.10. The molecule has 0 unspecified atom stereocenters. The van der Waals surface area contributed by atoms with Crippen LogP contribution >= 0.6 is 22.6 Å². The summed E-state index contributed by atoms with van der Waals surface area (Å²) in [5.74, 6) is 0.616. The molecule has 2 heterocycles. The molecule has 13 heavy (non-hydrogen) atoms. The van der Waals surface area contributed by atoms with Crippen LogP contribution in [0.3, 0.4) is 0 Å². The Hall–Kier alpha value is -0.160. The second kappa shape index (κ2) is 4.37. The number of halogens is 1. The molecule has 3 heteroatoms. The lowest BCUT2D eigenvalue weighted by molar-refractivity contribution is 0.0845. The fraction of sp³-hybridized carbons (Fsp3) is 0.500. The summed E-state index contributed by atoms with van der Waals surface area (Å²) in [6, 6.07) is 4.26. The van der Waals surface area contributed by atoms with Crippen LogP contribution in [0.2, 0.25) is 0 Å². The van der Waals surface area contributed by atoms with Gasteiger partial charge in [-0.1, -0.05) is 0 Å². The monoisotopic (exact) mass is 289 g/mol. The first-order chi connectivity index (χ1) is 6.36. The summed E-state index contributed by atoms with van der Waals surface area (Å²) in [4.78, 5) is 4.44. The third kappa shape index (κ3) is 2.40. The molecule has 1 aromatic rings. The Labute approximate surface area is 91.8 Å². The Bertz CT molecular complexity index is 267. The van der Waals surface area contributed by atoms with E-state index >= 15 is 0 Å². The predicted molar refractivity (Wildman–Crippen MR) is 59.7 cm³/mol. The van der Waals surface area contributed by atoms with Crippen LogP contribution in [0.4, 0.5) is 0 Å². The van der Waals surface area contributed by atoms with Gasteiger partial charge in [0.25, 0.3) is 0 Å².